The van der Waals surface area contributed by atoms with Gasteiger partial charge in [-0.1, -0.05) is 13.8 Å². The van der Waals surface area contributed by atoms with E-state index >= 15 is 0 Å². The van der Waals surface area contributed by atoms with Crippen LogP contribution < -0.4 is 0 Å². The van der Waals surface area contributed by atoms with Crippen LogP contribution in [-0.4, -0.2) is 16.9 Å². The van der Waals surface area contributed by atoms with Crippen molar-refractivity contribution < 1.29 is 19.2 Å². The molecule has 0 heterocycles. The van der Waals surface area contributed by atoms with Crippen LogP contribution in [0.15, 0.2) is 24.3 Å². The zero-order valence-electron chi connectivity index (χ0n) is 10.1. The SMILES string of the molecule is CCC(C)C(=O)OC(=O)c1ccc([N+](=O)[O-])cc1. The first kappa shape index (κ1) is 13.8. The first-order chi connectivity index (χ1) is 8.45. The molecule has 1 aromatic carbocycles. The van der Waals surface area contributed by atoms with Crippen molar-refractivity contribution in [1.82, 2.24) is 0 Å². The second-order valence-corrected chi connectivity index (χ2v) is 3.82. The second kappa shape index (κ2) is 5.90. The number of rotatable bonds is 4. The maximum Gasteiger partial charge on any atom is 0.345 e. The van der Waals surface area contributed by atoms with Crippen LogP contribution in [0.25, 0.3) is 0 Å². The van der Waals surface area contributed by atoms with Crippen LogP contribution in [0.2, 0.25) is 0 Å². The average Bonchev–Trinajstić information content (AvgIpc) is 2.37. The molecule has 0 aliphatic rings. The summed E-state index contributed by atoms with van der Waals surface area (Å²) < 4.78 is 4.64. The predicted molar refractivity (Wildman–Crippen MR) is 63.0 cm³/mol. The van der Waals surface area contributed by atoms with E-state index in [1.54, 1.807) is 6.92 Å². The van der Waals surface area contributed by atoms with Gasteiger partial charge in [-0.2, -0.15) is 0 Å². The minimum atomic E-state index is -0.796. The minimum absolute atomic E-state index is 0.109. The Hall–Kier alpha value is -2.24. The number of ether oxygens (including phenoxy) is 1. The van der Waals surface area contributed by atoms with Crippen LogP contribution in [0, 0.1) is 16.0 Å². The molecule has 1 aromatic rings. The van der Waals surface area contributed by atoms with E-state index in [0.29, 0.717) is 6.42 Å². The maximum absolute atomic E-state index is 11.5. The summed E-state index contributed by atoms with van der Waals surface area (Å²) in [5, 5.41) is 10.4. The monoisotopic (exact) mass is 251 g/mol. The van der Waals surface area contributed by atoms with Gasteiger partial charge in [-0.05, 0) is 18.6 Å². The van der Waals surface area contributed by atoms with Crippen LogP contribution in [0.3, 0.4) is 0 Å². The third-order valence-corrected chi connectivity index (χ3v) is 2.52. The highest BCUT2D eigenvalue weighted by Gasteiger charge is 2.18. The number of esters is 2. The molecule has 96 valence electrons. The number of hydrogen-bond donors (Lipinski definition) is 0. The van der Waals surface area contributed by atoms with Crippen molar-refractivity contribution in [3.05, 3.63) is 39.9 Å². The summed E-state index contributed by atoms with van der Waals surface area (Å²) in [6.45, 7) is 3.47. The predicted octanol–water partition coefficient (Wildman–Crippen LogP) is 2.32. The van der Waals surface area contributed by atoms with Gasteiger partial charge >= 0.3 is 11.9 Å². The molecule has 6 heteroatoms. The Labute approximate surface area is 104 Å². The van der Waals surface area contributed by atoms with E-state index in [1.807, 2.05) is 6.92 Å². The van der Waals surface area contributed by atoms with Crippen LogP contribution in [0.1, 0.15) is 30.6 Å². The summed E-state index contributed by atoms with van der Waals surface area (Å²) in [4.78, 5) is 32.8. The largest absolute Gasteiger partial charge is 0.389 e. The first-order valence-corrected chi connectivity index (χ1v) is 5.46. The summed E-state index contributed by atoms with van der Waals surface area (Å²) in [6, 6.07) is 4.88. The van der Waals surface area contributed by atoms with E-state index in [0.717, 1.165) is 0 Å². The molecule has 0 bridgehead atoms. The Morgan fingerprint density at radius 1 is 1.33 bits per heavy atom. The summed E-state index contributed by atoms with van der Waals surface area (Å²) in [5.41, 5.74) is -0.0166. The van der Waals surface area contributed by atoms with Gasteiger partial charge in [-0.15, -0.1) is 0 Å². The Kier molecular flexibility index (Phi) is 4.53. The molecule has 6 nitrogen and oxygen atoms in total. The van der Waals surface area contributed by atoms with Gasteiger partial charge in [0.1, 0.15) is 0 Å². The smallest absolute Gasteiger partial charge is 0.345 e. The standard InChI is InChI=1S/C12H13NO5/c1-3-8(2)11(14)18-12(15)9-4-6-10(7-5-9)13(16)17/h4-8H,3H2,1-2H3. The van der Waals surface area contributed by atoms with Gasteiger partial charge in [0, 0.05) is 12.1 Å². The summed E-state index contributed by atoms with van der Waals surface area (Å²) in [5.74, 6) is -1.75. The summed E-state index contributed by atoms with van der Waals surface area (Å²) in [6.07, 6.45) is 0.576. The van der Waals surface area contributed by atoms with Crippen molar-refractivity contribution in [1.29, 1.82) is 0 Å². The molecule has 0 aliphatic carbocycles. The molecule has 0 saturated heterocycles. The van der Waals surface area contributed by atoms with Crippen LogP contribution in [0.5, 0.6) is 0 Å². The van der Waals surface area contributed by atoms with Gasteiger partial charge < -0.3 is 4.74 Å². The Morgan fingerprint density at radius 3 is 2.33 bits per heavy atom. The van der Waals surface area contributed by atoms with Crippen molar-refractivity contribution in [2.75, 3.05) is 0 Å². The minimum Gasteiger partial charge on any atom is -0.389 e. The molecule has 0 fully saturated rings. The number of non-ortho nitro benzene ring substituents is 1. The molecule has 1 atom stereocenters. The van der Waals surface area contributed by atoms with Gasteiger partial charge in [0.2, 0.25) is 0 Å². The zero-order chi connectivity index (χ0) is 13.7. The van der Waals surface area contributed by atoms with Crippen LogP contribution in [-0.2, 0) is 9.53 Å². The van der Waals surface area contributed by atoms with E-state index < -0.39 is 16.9 Å². The van der Waals surface area contributed by atoms with E-state index in [-0.39, 0.29) is 17.2 Å². The average molecular weight is 251 g/mol. The highest BCUT2D eigenvalue weighted by atomic mass is 16.6. The molecule has 0 saturated carbocycles. The fourth-order valence-corrected chi connectivity index (χ4v) is 1.14. The number of nitro groups is 1. The molecular weight excluding hydrogens is 238 g/mol. The molecule has 0 N–H and O–H groups in total. The normalized spacial score (nSPS) is 11.7. The van der Waals surface area contributed by atoms with Gasteiger partial charge in [-0.25, -0.2) is 4.79 Å². The fraction of sp³-hybridized carbons (Fsp3) is 0.333. The molecule has 0 radical (unpaired) electrons. The lowest BCUT2D eigenvalue weighted by Crippen LogP contribution is -2.18. The number of benzene rings is 1. The number of hydrogen-bond acceptors (Lipinski definition) is 5. The Bertz CT molecular complexity index is 466. The van der Waals surface area contributed by atoms with E-state index in [4.69, 9.17) is 0 Å². The fourth-order valence-electron chi connectivity index (χ4n) is 1.14. The number of carbonyl (C=O) groups is 2. The highest BCUT2D eigenvalue weighted by molar-refractivity contribution is 5.97. The molecule has 0 amide bonds. The van der Waals surface area contributed by atoms with Crippen molar-refractivity contribution in [2.24, 2.45) is 5.92 Å². The van der Waals surface area contributed by atoms with Gasteiger partial charge in [0.15, 0.2) is 0 Å². The van der Waals surface area contributed by atoms with Gasteiger partial charge in [-0.3, -0.25) is 14.9 Å². The van der Waals surface area contributed by atoms with Crippen molar-refractivity contribution in [2.45, 2.75) is 20.3 Å². The first-order valence-electron chi connectivity index (χ1n) is 5.46. The van der Waals surface area contributed by atoms with E-state index in [1.165, 1.54) is 24.3 Å². The number of nitrogens with zero attached hydrogens (tertiary/aromatic N) is 1. The molecule has 1 unspecified atom stereocenters. The topological polar surface area (TPSA) is 86.5 Å². The molecular formula is C12H13NO5. The lowest BCUT2D eigenvalue weighted by molar-refractivity contribution is -0.384. The Balaban J connectivity index is 2.73. The van der Waals surface area contributed by atoms with Gasteiger partial charge in [0.25, 0.3) is 5.69 Å². The van der Waals surface area contributed by atoms with E-state index in [9.17, 15) is 19.7 Å². The Morgan fingerprint density at radius 2 is 1.89 bits per heavy atom. The maximum atomic E-state index is 11.5. The molecule has 0 spiro atoms. The molecule has 1 rings (SSSR count). The van der Waals surface area contributed by atoms with Crippen LogP contribution >= 0.6 is 0 Å². The van der Waals surface area contributed by atoms with E-state index in [2.05, 4.69) is 4.74 Å². The summed E-state index contributed by atoms with van der Waals surface area (Å²) in [7, 11) is 0. The second-order valence-electron chi connectivity index (χ2n) is 3.82. The molecule has 0 aromatic heterocycles. The highest BCUT2D eigenvalue weighted by Crippen LogP contribution is 2.13. The van der Waals surface area contributed by atoms with Crippen molar-refractivity contribution in [3.8, 4) is 0 Å². The van der Waals surface area contributed by atoms with Crippen molar-refractivity contribution >= 4 is 17.6 Å². The van der Waals surface area contributed by atoms with Crippen LogP contribution in [0.4, 0.5) is 5.69 Å². The zero-order valence-corrected chi connectivity index (χ0v) is 10.1. The third kappa shape index (κ3) is 3.38. The number of carbonyl (C=O) groups excluding carboxylic acids is 2. The number of nitro benzene ring substituents is 1. The van der Waals surface area contributed by atoms with Gasteiger partial charge in [0.05, 0.1) is 16.4 Å². The molecule has 18 heavy (non-hydrogen) atoms. The lowest BCUT2D eigenvalue weighted by atomic mass is 10.1. The quantitative estimate of drug-likeness (QED) is 0.354. The third-order valence-electron chi connectivity index (χ3n) is 2.52. The van der Waals surface area contributed by atoms with Crippen molar-refractivity contribution in [3.63, 3.8) is 0 Å². The lowest BCUT2D eigenvalue weighted by Gasteiger charge is -2.07. The summed E-state index contributed by atoms with van der Waals surface area (Å²) >= 11 is 0. The molecule has 0 aliphatic heterocycles.